The number of benzene rings is 1. The molecule has 1 heterocycles. The molecule has 0 aliphatic carbocycles. The van der Waals surface area contributed by atoms with Gasteiger partial charge in [-0.2, -0.15) is 13.2 Å². The van der Waals surface area contributed by atoms with Gasteiger partial charge in [-0.15, -0.1) is 0 Å². The molecule has 0 atom stereocenters. The van der Waals surface area contributed by atoms with E-state index in [2.05, 4.69) is 15.0 Å². The molecule has 2 rings (SSSR count). The SMILES string of the molecule is CN(C)c1ncccc1NC(=O)c1ccc(COCC(F)(F)F)cc1. The van der Waals surface area contributed by atoms with Crippen molar-refractivity contribution >= 4 is 17.4 Å². The number of rotatable bonds is 6. The largest absolute Gasteiger partial charge is 0.411 e. The summed E-state index contributed by atoms with van der Waals surface area (Å²) in [5.41, 5.74) is 1.50. The van der Waals surface area contributed by atoms with E-state index in [1.165, 1.54) is 12.1 Å². The number of anilines is 2. The lowest BCUT2D eigenvalue weighted by atomic mass is 10.1. The highest BCUT2D eigenvalue weighted by Gasteiger charge is 2.27. The second-order valence-corrected chi connectivity index (χ2v) is 5.53. The molecule has 0 spiro atoms. The normalized spacial score (nSPS) is 11.2. The summed E-state index contributed by atoms with van der Waals surface area (Å²) in [6, 6.07) is 9.63. The second kappa shape index (κ2) is 7.98. The van der Waals surface area contributed by atoms with E-state index in [9.17, 15) is 18.0 Å². The van der Waals surface area contributed by atoms with Crippen molar-refractivity contribution in [2.45, 2.75) is 12.8 Å². The minimum atomic E-state index is -4.35. The maximum atomic E-state index is 12.3. The third kappa shape index (κ3) is 5.75. The lowest BCUT2D eigenvalue weighted by molar-refractivity contribution is -0.176. The van der Waals surface area contributed by atoms with Gasteiger partial charge in [-0.25, -0.2) is 4.98 Å². The molecule has 134 valence electrons. The van der Waals surface area contributed by atoms with E-state index in [1.54, 1.807) is 35.4 Å². The van der Waals surface area contributed by atoms with Crippen molar-refractivity contribution in [2.24, 2.45) is 0 Å². The smallest absolute Gasteiger partial charge is 0.367 e. The number of nitrogens with one attached hydrogen (secondary N) is 1. The Bertz CT molecular complexity index is 716. The molecule has 0 fully saturated rings. The summed E-state index contributed by atoms with van der Waals surface area (Å²) in [6.07, 6.45) is -2.73. The van der Waals surface area contributed by atoms with Crippen LogP contribution in [0.5, 0.6) is 0 Å². The van der Waals surface area contributed by atoms with Crippen LogP contribution in [0.1, 0.15) is 15.9 Å². The molecule has 0 aliphatic heterocycles. The Morgan fingerprint density at radius 1 is 1.20 bits per heavy atom. The highest BCUT2D eigenvalue weighted by Crippen LogP contribution is 2.21. The van der Waals surface area contributed by atoms with Crippen molar-refractivity contribution in [1.29, 1.82) is 0 Å². The zero-order valence-corrected chi connectivity index (χ0v) is 13.8. The van der Waals surface area contributed by atoms with Gasteiger partial charge in [-0.05, 0) is 29.8 Å². The van der Waals surface area contributed by atoms with Crippen molar-refractivity contribution < 1.29 is 22.7 Å². The molecular weight excluding hydrogens is 335 g/mol. The van der Waals surface area contributed by atoms with Crippen LogP contribution in [0.25, 0.3) is 0 Å². The van der Waals surface area contributed by atoms with Crippen LogP contribution in [-0.4, -0.2) is 37.8 Å². The number of carbonyl (C=O) groups excluding carboxylic acids is 1. The van der Waals surface area contributed by atoms with Crippen molar-refractivity contribution in [3.8, 4) is 0 Å². The van der Waals surface area contributed by atoms with E-state index in [-0.39, 0.29) is 12.5 Å². The first kappa shape index (κ1) is 18.7. The summed E-state index contributed by atoms with van der Waals surface area (Å²) in [4.78, 5) is 18.3. The minimum Gasteiger partial charge on any atom is -0.367 e. The zero-order chi connectivity index (χ0) is 18.4. The van der Waals surface area contributed by atoms with Crippen LogP contribution in [0.4, 0.5) is 24.7 Å². The predicted molar refractivity (Wildman–Crippen MR) is 88.7 cm³/mol. The quantitative estimate of drug-likeness (QED) is 0.864. The summed E-state index contributed by atoms with van der Waals surface area (Å²) >= 11 is 0. The Balaban J connectivity index is 1.99. The lowest BCUT2D eigenvalue weighted by Gasteiger charge is -2.16. The van der Waals surface area contributed by atoms with E-state index in [0.717, 1.165) is 0 Å². The number of nitrogens with zero attached hydrogens (tertiary/aromatic N) is 2. The average molecular weight is 353 g/mol. The van der Waals surface area contributed by atoms with Gasteiger partial charge in [-0.3, -0.25) is 4.79 Å². The van der Waals surface area contributed by atoms with Gasteiger partial charge in [0.05, 0.1) is 12.3 Å². The maximum absolute atomic E-state index is 12.3. The first-order valence-corrected chi connectivity index (χ1v) is 7.43. The number of halogens is 3. The number of ether oxygens (including phenoxy) is 1. The monoisotopic (exact) mass is 353 g/mol. The van der Waals surface area contributed by atoms with E-state index in [0.29, 0.717) is 22.6 Å². The zero-order valence-electron chi connectivity index (χ0n) is 13.8. The summed E-state index contributed by atoms with van der Waals surface area (Å²) in [6.45, 7) is -1.47. The molecule has 1 amide bonds. The number of alkyl halides is 3. The summed E-state index contributed by atoms with van der Waals surface area (Å²) < 4.78 is 40.7. The van der Waals surface area contributed by atoms with E-state index in [4.69, 9.17) is 0 Å². The van der Waals surface area contributed by atoms with Gasteiger partial charge in [-0.1, -0.05) is 12.1 Å². The number of aromatic nitrogens is 1. The fourth-order valence-corrected chi connectivity index (χ4v) is 2.08. The highest BCUT2D eigenvalue weighted by atomic mass is 19.4. The van der Waals surface area contributed by atoms with E-state index < -0.39 is 12.8 Å². The van der Waals surface area contributed by atoms with Crippen molar-refractivity contribution in [3.63, 3.8) is 0 Å². The minimum absolute atomic E-state index is 0.172. The van der Waals surface area contributed by atoms with Crippen molar-refractivity contribution in [3.05, 3.63) is 53.7 Å². The fourth-order valence-electron chi connectivity index (χ4n) is 2.08. The first-order chi connectivity index (χ1) is 11.8. The molecule has 0 unspecified atom stereocenters. The fraction of sp³-hybridized carbons (Fsp3) is 0.294. The van der Waals surface area contributed by atoms with Crippen LogP contribution >= 0.6 is 0 Å². The average Bonchev–Trinajstić information content (AvgIpc) is 2.54. The molecule has 0 radical (unpaired) electrons. The number of carbonyl (C=O) groups is 1. The molecule has 5 nitrogen and oxygen atoms in total. The van der Waals surface area contributed by atoms with Gasteiger partial charge < -0.3 is 15.0 Å². The molecule has 8 heteroatoms. The number of amides is 1. The predicted octanol–water partition coefficient (Wildman–Crippen LogP) is 3.48. The number of hydrogen-bond acceptors (Lipinski definition) is 4. The van der Waals surface area contributed by atoms with E-state index in [1.807, 2.05) is 14.1 Å². The Morgan fingerprint density at radius 2 is 1.88 bits per heavy atom. The summed E-state index contributed by atoms with van der Waals surface area (Å²) in [7, 11) is 3.63. The van der Waals surface area contributed by atoms with Crippen molar-refractivity contribution in [1.82, 2.24) is 4.98 Å². The third-order valence-corrected chi connectivity index (χ3v) is 3.21. The molecule has 0 saturated carbocycles. The maximum Gasteiger partial charge on any atom is 0.411 e. The molecule has 2 aromatic rings. The molecule has 1 aromatic carbocycles. The lowest BCUT2D eigenvalue weighted by Crippen LogP contribution is -2.18. The van der Waals surface area contributed by atoms with Crippen LogP contribution in [0.15, 0.2) is 42.6 Å². The van der Waals surface area contributed by atoms with Gasteiger partial charge in [0.15, 0.2) is 5.82 Å². The number of pyridine rings is 1. The molecule has 25 heavy (non-hydrogen) atoms. The van der Waals surface area contributed by atoms with Gasteiger partial charge in [0.2, 0.25) is 0 Å². The van der Waals surface area contributed by atoms with Crippen molar-refractivity contribution in [2.75, 3.05) is 30.9 Å². The highest BCUT2D eigenvalue weighted by molar-refractivity contribution is 6.05. The summed E-state index contributed by atoms with van der Waals surface area (Å²) in [5, 5.41) is 2.77. The van der Waals surface area contributed by atoms with Gasteiger partial charge >= 0.3 is 6.18 Å². The topological polar surface area (TPSA) is 54.5 Å². The Kier molecular flexibility index (Phi) is 5.97. The van der Waals surface area contributed by atoms with Crippen LogP contribution in [0.2, 0.25) is 0 Å². The van der Waals surface area contributed by atoms with E-state index >= 15 is 0 Å². The second-order valence-electron chi connectivity index (χ2n) is 5.53. The Labute approximate surface area is 143 Å². The molecule has 0 saturated heterocycles. The van der Waals surface area contributed by atoms with Crippen LogP contribution < -0.4 is 10.2 Å². The molecule has 0 aliphatic rings. The third-order valence-electron chi connectivity index (χ3n) is 3.21. The summed E-state index contributed by atoms with van der Waals surface area (Å²) in [5.74, 6) is 0.284. The molecular formula is C17H18F3N3O2. The van der Waals surface area contributed by atoms with Crippen LogP contribution in [-0.2, 0) is 11.3 Å². The van der Waals surface area contributed by atoms with Crippen LogP contribution in [0.3, 0.4) is 0 Å². The van der Waals surface area contributed by atoms with Gasteiger partial charge in [0.1, 0.15) is 6.61 Å². The molecule has 0 bridgehead atoms. The molecule has 1 N–H and O–H groups in total. The Hall–Kier alpha value is -2.61. The first-order valence-electron chi connectivity index (χ1n) is 7.43. The standard InChI is InChI=1S/C17H18F3N3O2/c1-23(2)15-14(4-3-9-21-15)22-16(24)13-7-5-12(6-8-13)10-25-11-17(18,19)20/h3-9H,10-11H2,1-2H3,(H,22,24). The number of hydrogen-bond donors (Lipinski definition) is 1. The van der Waals surface area contributed by atoms with Gasteiger partial charge in [0.25, 0.3) is 5.91 Å². The molecule has 1 aromatic heterocycles. The Morgan fingerprint density at radius 3 is 2.48 bits per heavy atom. The van der Waals surface area contributed by atoms with Gasteiger partial charge in [0, 0.05) is 25.9 Å². The van der Waals surface area contributed by atoms with Crippen LogP contribution in [0, 0.1) is 0 Å².